The fraction of sp³-hybridized carbons (Fsp3) is 0.917. The lowest BCUT2D eigenvalue weighted by molar-refractivity contribution is 0.640. The molecular formula is C12H23Cl2. The van der Waals surface area contributed by atoms with E-state index in [1.165, 1.54) is 12.8 Å². The first kappa shape index (κ1) is 14.6. The van der Waals surface area contributed by atoms with Crippen LogP contribution in [-0.2, 0) is 0 Å². The van der Waals surface area contributed by atoms with Gasteiger partial charge in [-0.2, -0.15) is 0 Å². The Bertz CT molecular complexity index is 101. The first-order valence-electron chi connectivity index (χ1n) is 5.80. The summed E-state index contributed by atoms with van der Waals surface area (Å²) in [7, 11) is 0. The van der Waals surface area contributed by atoms with Crippen LogP contribution in [0.4, 0.5) is 0 Å². The van der Waals surface area contributed by atoms with E-state index in [-0.39, 0.29) is 0 Å². The fourth-order valence-corrected chi connectivity index (χ4v) is 1.62. The average Bonchev–Trinajstić information content (AvgIpc) is 2.22. The molecular weight excluding hydrogens is 215 g/mol. The second kappa shape index (κ2) is 10.1. The summed E-state index contributed by atoms with van der Waals surface area (Å²) in [5, 5.41) is 0.738. The van der Waals surface area contributed by atoms with Crippen molar-refractivity contribution in [3.63, 3.8) is 0 Å². The third-order valence-electron chi connectivity index (χ3n) is 2.50. The van der Waals surface area contributed by atoms with Crippen LogP contribution in [0.3, 0.4) is 0 Å². The van der Waals surface area contributed by atoms with Crippen LogP contribution in [0.1, 0.15) is 58.8 Å². The van der Waals surface area contributed by atoms with Crippen LogP contribution in [0.2, 0.25) is 0 Å². The van der Waals surface area contributed by atoms with Gasteiger partial charge in [-0.3, -0.25) is 0 Å². The van der Waals surface area contributed by atoms with E-state index in [4.69, 9.17) is 23.2 Å². The molecule has 85 valence electrons. The van der Waals surface area contributed by atoms with Gasteiger partial charge in [0.05, 0.1) is 0 Å². The molecule has 0 aliphatic rings. The molecule has 0 aromatic rings. The minimum absolute atomic E-state index is 0.364. The van der Waals surface area contributed by atoms with Crippen molar-refractivity contribution in [3.05, 3.63) is 6.42 Å². The molecule has 2 heteroatoms. The Morgan fingerprint density at radius 3 is 2.07 bits per heavy atom. The van der Waals surface area contributed by atoms with E-state index < -0.39 is 0 Å². The van der Waals surface area contributed by atoms with E-state index in [1.807, 2.05) is 0 Å². The Hall–Kier alpha value is 0.580. The number of alkyl halides is 2. The van der Waals surface area contributed by atoms with Crippen LogP contribution in [0.25, 0.3) is 0 Å². The molecule has 0 aromatic carbocycles. The highest BCUT2D eigenvalue weighted by atomic mass is 35.5. The van der Waals surface area contributed by atoms with Gasteiger partial charge in [0, 0.05) is 10.8 Å². The molecule has 0 rings (SSSR count). The van der Waals surface area contributed by atoms with Gasteiger partial charge >= 0.3 is 0 Å². The lowest BCUT2D eigenvalue weighted by Gasteiger charge is -2.07. The van der Waals surface area contributed by atoms with Gasteiger partial charge in [0.25, 0.3) is 0 Å². The van der Waals surface area contributed by atoms with Gasteiger partial charge in [0.2, 0.25) is 0 Å². The summed E-state index contributed by atoms with van der Waals surface area (Å²) in [6.07, 6.45) is 10.3. The van der Waals surface area contributed by atoms with Gasteiger partial charge in [0.1, 0.15) is 0 Å². The highest BCUT2D eigenvalue weighted by molar-refractivity contribution is 6.20. The zero-order valence-corrected chi connectivity index (χ0v) is 10.9. The minimum atomic E-state index is 0.364. The van der Waals surface area contributed by atoms with Gasteiger partial charge in [-0.25, -0.2) is 0 Å². The highest BCUT2D eigenvalue weighted by Gasteiger charge is 2.02. The van der Waals surface area contributed by atoms with Crippen molar-refractivity contribution in [2.24, 2.45) is 0 Å². The van der Waals surface area contributed by atoms with Gasteiger partial charge in [-0.05, 0) is 38.5 Å². The molecule has 2 atom stereocenters. The molecule has 0 aliphatic carbocycles. The van der Waals surface area contributed by atoms with Crippen LogP contribution in [0, 0.1) is 6.42 Å². The molecule has 0 bridgehead atoms. The van der Waals surface area contributed by atoms with Crippen molar-refractivity contribution < 1.29 is 0 Å². The Labute approximate surface area is 99.4 Å². The summed E-state index contributed by atoms with van der Waals surface area (Å²) in [4.78, 5) is 0. The number of hydrogen-bond acceptors (Lipinski definition) is 0. The molecule has 0 saturated carbocycles. The monoisotopic (exact) mass is 237 g/mol. The van der Waals surface area contributed by atoms with Crippen LogP contribution in [0.15, 0.2) is 0 Å². The van der Waals surface area contributed by atoms with Crippen molar-refractivity contribution in [2.75, 3.05) is 0 Å². The lowest BCUT2D eigenvalue weighted by Crippen LogP contribution is -1.97. The summed E-state index contributed by atoms with van der Waals surface area (Å²) < 4.78 is 0. The molecule has 0 amide bonds. The first-order chi connectivity index (χ1) is 6.70. The molecule has 0 aliphatic heterocycles. The summed E-state index contributed by atoms with van der Waals surface area (Å²) in [5.41, 5.74) is 0. The Balaban J connectivity index is 3.06. The van der Waals surface area contributed by atoms with E-state index in [2.05, 4.69) is 20.3 Å². The predicted octanol–water partition coefficient (Wildman–Crippen LogP) is 5.18. The largest absolute Gasteiger partial charge is 0.123 e. The minimum Gasteiger partial charge on any atom is -0.123 e. The van der Waals surface area contributed by atoms with E-state index in [0.29, 0.717) is 10.8 Å². The number of halogens is 2. The van der Waals surface area contributed by atoms with E-state index >= 15 is 0 Å². The maximum Gasteiger partial charge on any atom is 0.0333 e. The van der Waals surface area contributed by atoms with E-state index in [0.717, 1.165) is 32.1 Å². The third kappa shape index (κ3) is 9.15. The van der Waals surface area contributed by atoms with Crippen LogP contribution >= 0.6 is 23.2 Å². The molecule has 0 aromatic heterocycles. The van der Waals surface area contributed by atoms with Gasteiger partial charge in [-0.15, -0.1) is 23.2 Å². The Morgan fingerprint density at radius 1 is 0.929 bits per heavy atom. The fourth-order valence-electron chi connectivity index (χ4n) is 1.33. The number of hydrogen-bond donors (Lipinski definition) is 0. The van der Waals surface area contributed by atoms with E-state index in [1.54, 1.807) is 0 Å². The van der Waals surface area contributed by atoms with Crippen molar-refractivity contribution in [3.8, 4) is 0 Å². The second-order valence-corrected chi connectivity index (χ2v) is 5.04. The molecule has 0 fully saturated rings. The Morgan fingerprint density at radius 2 is 1.50 bits per heavy atom. The highest BCUT2D eigenvalue weighted by Crippen LogP contribution is 2.15. The van der Waals surface area contributed by atoms with Gasteiger partial charge < -0.3 is 0 Å². The first-order valence-corrected chi connectivity index (χ1v) is 6.67. The van der Waals surface area contributed by atoms with E-state index in [9.17, 15) is 0 Å². The van der Waals surface area contributed by atoms with Gasteiger partial charge in [-0.1, -0.05) is 26.7 Å². The smallest absolute Gasteiger partial charge is 0.0333 e. The van der Waals surface area contributed by atoms with Crippen molar-refractivity contribution in [1.29, 1.82) is 0 Å². The normalized spacial score (nSPS) is 15.4. The van der Waals surface area contributed by atoms with Crippen molar-refractivity contribution in [1.82, 2.24) is 0 Å². The standard InChI is InChI=1S/C12H23Cl2/c1-3-11(13)9-7-5-6-8-10-12(14)4-2/h5,11-12H,3-4,6-10H2,1-2H3. The van der Waals surface area contributed by atoms with Crippen LogP contribution in [0.5, 0.6) is 0 Å². The predicted molar refractivity (Wildman–Crippen MR) is 67.2 cm³/mol. The molecule has 14 heavy (non-hydrogen) atoms. The molecule has 0 saturated heterocycles. The number of unbranched alkanes of at least 4 members (excludes halogenated alkanes) is 3. The molecule has 0 N–H and O–H groups in total. The summed E-state index contributed by atoms with van der Waals surface area (Å²) >= 11 is 12.0. The summed E-state index contributed by atoms with van der Waals surface area (Å²) in [5.74, 6) is 0. The third-order valence-corrected chi connectivity index (χ3v) is 3.55. The quantitative estimate of drug-likeness (QED) is 0.383. The zero-order chi connectivity index (χ0) is 10.8. The molecule has 2 unspecified atom stereocenters. The van der Waals surface area contributed by atoms with Gasteiger partial charge in [0.15, 0.2) is 0 Å². The summed E-state index contributed by atoms with van der Waals surface area (Å²) in [6, 6.07) is 0. The van der Waals surface area contributed by atoms with Crippen LogP contribution < -0.4 is 0 Å². The Kier molecular flexibility index (Phi) is 10.5. The zero-order valence-electron chi connectivity index (χ0n) is 9.44. The topological polar surface area (TPSA) is 0 Å². The van der Waals surface area contributed by atoms with Crippen molar-refractivity contribution >= 4 is 23.2 Å². The van der Waals surface area contributed by atoms with Crippen molar-refractivity contribution in [2.45, 2.75) is 69.5 Å². The molecule has 1 radical (unpaired) electrons. The lowest BCUT2D eigenvalue weighted by atomic mass is 10.1. The molecule has 0 heterocycles. The molecule has 0 nitrogen and oxygen atoms in total. The van der Waals surface area contributed by atoms with Crippen LogP contribution in [-0.4, -0.2) is 10.8 Å². The maximum atomic E-state index is 6.02. The number of rotatable bonds is 9. The second-order valence-electron chi connectivity index (χ2n) is 3.81. The summed E-state index contributed by atoms with van der Waals surface area (Å²) in [6.45, 7) is 4.28. The maximum absolute atomic E-state index is 6.02. The average molecular weight is 238 g/mol. The molecule has 0 spiro atoms. The SMILES string of the molecule is CCC(Cl)CC[CH]CCCC(Cl)CC.